The highest BCUT2D eigenvalue weighted by Crippen LogP contribution is 2.55. The van der Waals surface area contributed by atoms with Crippen LogP contribution in [0.15, 0.2) is 60.7 Å². The summed E-state index contributed by atoms with van der Waals surface area (Å²) < 4.78 is 5.67. The molecule has 2 aromatic rings. The number of thioether (sulfide) groups is 1. The van der Waals surface area contributed by atoms with E-state index in [0.717, 1.165) is 48.6 Å². The van der Waals surface area contributed by atoms with E-state index in [4.69, 9.17) is 4.74 Å². The number of nitrogens with one attached hydrogen (secondary N) is 3. The number of carbonyl (C=O) groups excluding carboxylic acids is 5. The number of likely N-dealkylation sites (N-methyl/N-ethyl adjacent to an activating group) is 2. The Bertz CT molecular complexity index is 1590. The summed E-state index contributed by atoms with van der Waals surface area (Å²) in [5, 5.41) is 8.75. The first-order chi connectivity index (χ1) is 26.3. The number of imide groups is 3. The van der Waals surface area contributed by atoms with Crippen molar-refractivity contribution in [3.63, 3.8) is 0 Å². The zero-order chi connectivity index (χ0) is 39.7. The average molecular weight is 776 g/mol. The van der Waals surface area contributed by atoms with Crippen LogP contribution in [0, 0.1) is 23.7 Å². The average Bonchev–Trinajstić information content (AvgIpc) is 3.14. The molecule has 3 atom stereocenters. The largest absolute Gasteiger partial charge is 0.443 e. The van der Waals surface area contributed by atoms with Gasteiger partial charge in [0.25, 0.3) is 11.8 Å². The number of amides is 5. The molecule has 11 nitrogen and oxygen atoms in total. The smallest absolute Gasteiger partial charge is 0.424 e. The molecule has 4 saturated carbocycles. The highest BCUT2D eigenvalue weighted by Gasteiger charge is 2.52. The van der Waals surface area contributed by atoms with Gasteiger partial charge in [-0.3, -0.25) is 24.1 Å². The highest BCUT2D eigenvalue weighted by atomic mass is 32.2. The summed E-state index contributed by atoms with van der Waals surface area (Å²) in [6, 6.07) is 17.1. The molecule has 0 heterocycles. The SMILES string of the molecule is CCN[C@@H](Cc1ccccc1)C(=O)N[C@H](CCSC)C(=O)NCC(=O)N(C(=O)OC(C)(C)C)C(=O)[C@H](Cc1ccccc1)N(C)C1C2CC3CC(C2)CC1C3. The van der Waals surface area contributed by atoms with Crippen LogP contribution < -0.4 is 16.0 Å². The molecule has 5 amide bonds. The van der Waals surface area contributed by atoms with Gasteiger partial charge in [-0.1, -0.05) is 67.6 Å². The third kappa shape index (κ3) is 11.4. The van der Waals surface area contributed by atoms with Crippen LogP contribution in [0.1, 0.15) is 77.3 Å². The molecule has 55 heavy (non-hydrogen) atoms. The maximum absolute atomic E-state index is 14.8. The first-order valence-corrected chi connectivity index (χ1v) is 21.4. The van der Waals surface area contributed by atoms with Gasteiger partial charge >= 0.3 is 6.09 Å². The van der Waals surface area contributed by atoms with Crippen LogP contribution >= 0.6 is 11.8 Å². The molecule has 4 aliphatic carbocycles. The van der Waals surface area contributed by atoms with E-state index in [1.165, 1.54) is 18.2 Å². The second-order valence-corrected chi connectivity index (χ2v) is 17.7. The van der Waals surface area contributed by atoms with E-state index < -0.39 is 54.1 Å². The van der Waals surface area contributed by atoms with Crippen LogP contribution in [-0.2, 0) is 36.8 Å². The Balaban J connectivity index is 1.35. The standard InChI is InChI=1S/C43H61N5O6S/c1-7-44-35(25-28-14-10-8-11-15-28)40(51)46-34(18-19-55-6)39(50)45-27-37(49)48(42(53)54-43(2,3)4)41(52)36(26-29-16-12-9-13-17-29)47(5)38-32-21-30-20-31(23-32)24-33(38)22-30/h8-17,30-36,38,44H,7,18-27H2,1-6H3,(H,45,50)(H,46,51)/t30?,31?,32?,33?,34-,35+,36+,38?/m1/s1. The Morgan fingerprint density at radius 1 is 0.818 bits per heavy atom. The Kier molecular flexibility index (Phi) is 15.0. The number of benzene rings is 2. The quantitative estimate of drug-likeness (QED) is 0.198. The molecular weight excluding hydrogens is 715 g/mol. The van der Waals surface area contributed by atoms with E-state index in [0.29, 0.717) is 48.3 Å². The second-order valence-electron chi connectivity index (χ2n) is 16.7. The van der Waals surface area contributed by atoms with Crippen LogP contribution in [0.5, 0.6) is 0 Å². The molecule has 300 valence electrons. The molecule has 4 aliphatic rings. The fourth-order valence-electron chi connectivity index (χ4n) is 9.28. The Morgan fingerprint density at radius 3 is 1.91 bits per heavy atom. The second kappa shape index (κ2) is 19.4. The monoisotopic (exact) mass is 775 g/mol. The molecule has 0 saturated heterocycles. The first-order valence-electron chi connectivity index (χ1n) is 20.0. The summed E-state index contributed by atoms with van der Waals surface area (Å²) in [4.78, 5) is 72.8. The van der Waals surface area contributed by atoms with E-state index in [1.807, 2.05) is 80.9 Å². The third-order valence-corrected chi connectivity index (χ3v) is 12.1. The fourth-order valence-corrected chi connectivity index (χ4v) is 9.75. The Hall–Kier alpha value is -3.74. The molecule has 12 heteroatoms. The van der Waals surface area contributed by atoms with Gasteiger partial charge in [0, 0.05) is 6.04 Å². The molecule has 0 unspecified atom stereocenters. The third-order valence-electron chi connectivity index (χ3n) is 11.4. The van der Waals surface area contributed by atoms with Crippen LogP contribution in [0.3, 0.4) is 0 Å². The van der Waals surface area contributed by atoms with Crippen molar-refractivity contribution < 1.29 is 28.7 Å². The van der Waals surface area contributed by atoms with E-state index >= 15 is 0 Å². The van der Waals surface area contributed by atoms with E-state index in [1.54, 1.807) is 20.8 Å². The van der Waals surface area contributed by atoms with Crippen molar-refractivity contribution in [3.8, 4) is 0 Å². The molecule has 0 spiro atoms. The summed E-state index contributed by atoms with van der Waals surface area (Å²) >= 11 is 1.53. The molecular formula is C43H61N5O6S. The van der Waals surface area contributed by atoms with Gasteiger partial charge < -0.3 is 20.7 Å². The lowest BCUT2D eigenvalue weighted by Gasteiger charge is -2.57. The van der Waals surface area contributed by atoms with Crippen molar-refractivity contribution in [1.82, 2.24) is 25.8 Å². The maximum atomic E-state index is 14.8. The summed E-state index contributed by atoms with van der Waals surface area (Å²) in [5.41, 5.74) is 0.903. The van der Waals surface area contributed by atoms with Gasteiger partial charge in [0.15, 0.2) is 0 Å². The highest BCUT2D eigenvalue weighted by molar-refractivity contribution is 7.98. The normalized spacial score (nSPS) is 23.1. The van der Waals surface area contributed by atoms with Gasteiger partial charge in [0.1, 0.15) is 11.6 Å². The minimum atomic E-state index is -1.07. The summed E-state index contributed by atoms with van der Waals surface area (Å²) in [5.74, 6) is 0.508. The lowest BCUT2D eigenvalue weighted by atomic mass is 9.53. The predicted octanol–water partition coefficient (Wildman–Crippen LogP) is 5.22. The first kappa shape index (κ1) is 42.4. The number of carbonyl (C=O) groups is 5. The van der Waals surface area contributed by atoms with Crippen molar-refractivity contribution in [2.75, 3.05) is 32.1 Å². The predicted molar refractivity (Wildman–Crippen MR) is 216 cm³/mol. The van der Waals surface area contributed by atoms with Gasteiger partial charge in [-0.05, 0) is 133 Å². The topological polar surface area (TPSA) is 137 Å². The lowest BCUT2D eigenvalue weighted by molar-refractivity contribution is -0.150. The van der Waals surface area contributed by atoms with Crippen LogP contribution in [-0.4, -0.2) is 101 Å². The molecule has 0 radical (unpaired) electrons. The van der Waals surface area contributed by atoms with Crippen molar-refractivity contribution in [3.05, 3.63) is 71.8 Å². The van der Waals surface area contributed by atoms with E-state index in [9.17, 15) is 24.0 Å². The number of hydrogen-bond acceptors (Lipinski definition) is 9. The number of rotatable bonds is 17. The summed E-state index contributed by atoms with van der Waals surface area (Å²) in [6.45, 7) is 6.88. The molecule has 3 N–H and O–H groups in total. The fraction of sp³-hybridized carbons (Fsp3) is 0.605. The minimum Gasteiger partial charge on any atom is -0.443 e. The maximum Gasteiger partial charge on any atom is 0.424 e. The van der Waals surface area contributed by atoms with Crippen molar-refractivity contribution in [2.24, 2.45) is 23.7 Å². The molecule has 4 bridgehead atoms. The van der Waals surface area contributed by atoms with Gasteiger partial charge in [0.2, 0.25) is 11.8 Å². The Labute approximate surface area is 331 Å². The van der Waals surface area contributed by atoms with Crippen LogP contribution in [0.4, 0.5) is 4.79 Å². The van der Waals surface area contributed by atoms with Crippen molar-refractivity contribution in [2.45, 2.75) is 109 Å². The van der Waals surface area contributed by atoms with Gasteiger partial charge in [-0.25, -0.2) is 4.79 Å². The van der Waals surface area contributed by atoms with Gasteiger partial charge in [-0.15, -0.1) is 0 Å². The summed E-state index contributed by atoms with van der Waals surface area (Å²) in [6.07, 6.45) is 7.77. The van der Waals surface area contributed by atoms with Crippen molar-refractivity contribution in [1.29, 1.82) is 0 Å². The summed E-state index contributed by atoms with van der Waals surface area (Å²) in [7, 11) is 1.97. The molecule has 0 aromatic heterocycles. The molecule has 2 aromatic carbocycles. The van der Waals surface area contributed by atoms with Crippen LogP contribution in [0.2, 0.25) is 0 Å². The van der Waals surface area contributed by atoms with E-state index in [-0.39, 0.29) is 11.9 Å². The molecule has 6 rings (SSSR count). The van der Waals surface area contributed by atoms with Crippen molar-refractivity contribution >= 4 is 41.5 Å². The molecule has 4 fully saturated rings. The van der Waals surface area contributed by atoms with Crippen LogP contribution in [0.25, 0.3) is 0 Å². The Morgan fingerprint density at radius 2 is 1.38 bits per heavy atom. The number of ether oxygens (including phenoxy) is 1. The van der Waals surface area contributed by atoms with E-state index in [2.05, 4.69) is 20.9 Å². The molecule has 0 aliphatic heterocycles. The minimum absolute atomic E-state index is 0.162. The number of nitrogens with zero attached hydrogens (tertiary/aromatic N) is 2. The number of hydrogen-bond donors (Lipinski definition) is 3. The zero-order valence-corrected chi connectivity index (χ0v) is 34.2. The van der Waals surface area contributed by atoms with Gasteiger partial charge in [-0.2, -0.15) is 16.7 Å². The lowest BCUT2D eigenvalue weighted by Crippen LogP contribution is -2.62. The zero-order valence-electron chi connectivity index (χ0n) is 33.4. The van der Waals surface area contributed by atoms with Gasteiger partial charge in [0.05, 0.1) is 18.6 Å².